The average molecular weight is 293 g/mol. The van der Waals surface area contributed by atoms with Gasteiger partial charge in [-0.05, 0) is 29.3 Å². The maximum Gasteiger partial charge on any atom is 0.267 e. The molecule has 3 aromatic rings. The van der Waals surface area contributed by atoms with Crippen LogP contribution in [0.15, 0.2) is 54.6 Å². The van der Waals surface area contributed by atoms with Gasteiger partial charge in [-0.2, -0.15) is 0 Å². The molecular formula is C17H15N3O2. The maximum atomic E-state index is 11.0. The van der Waals surface area contributed by atoms with Gasteiger partial charge in [-0.3, -0.25) is 10.0 Å². The molecule has 0 fully saturated rings. The first-order chi connectivity index (χ1) is 10.7. The number of aromatic nitrogens is 2. The number of nitrogens with one attached hydrogen (secondary N) is 2. The number of rotatable bonds is 4. The van der Waals surface area contributed by atoms with E-state index in [0.29, 0.717) is 6.42 Å². The molecule has 1 heterocycles. The molecule has 2 aromatic carbocycles. The molecule has 0 unspecified atom stereocenters. The molecule has 5 nitrogen and oxygen atoms in total. The second-order valence-electron chi connectivity index (χ2n) is 4.93. The van der Waals surface area contributed by atoms with E-state index in [4.69, 9.17) is 5.21 Å². The molecule has 0 saturated heterocycles. The van der Waals surface area contributed by atoms with Crippen LogP contribution in [-0.2, 0) is 11.2 Å². The van der Waals surface area contributed by atoms with Crippen molar-refractivity contribution in [1.82, 2.24) is 15.4 Å². The molecule has 0 aliphatic rings. The Morgan fingerprint density at radius 3 is 2.91 bits per heavy atom. The highest BCUT2D eigenvalue weighted by molar-refractivity contribution is 5.90. The summed E-state index contributed by atoms with van der Waals surface area (Å²) in [6.45, 7) is 0. The molecule has 1 amide bonds. The highest BCUT2D eigenvalue weighted by Crippen LogP contribution is 2.15. The van der Waals surface area contributed by atoms with Crippen LogP contribution < -0.4 is 5.48 Å². The third-order valence-corrected chi connectivity index (χ3v) is 3.30. The zero-order valence-corrected chi connectivity index (χ0v) is 11.8. The highest BCUT2D eigenvalue weighted by Gasteiger charge is 2.03. The third kappa shape index (κ3) is 3.21. The first-order valence-corrected chi connectivity index (χ1v) is 6.89. The van der Waals surface area contributed by atoms with Crippen molar-refractivity contribution in [2.24, 2.45) is 0 Å². The Morgan fingerprint density at radius 2 is 2.09 bits per heavy atom. The van der Waals surface area contributed by atoms with Crippen LogP contribution in [0.3, 0.4) is 0 Å². The van der Waals surface area contributed by atoms with Crippen molar-refractivity contribution in [2.45, 2.75) is 6.42 Å². The smallest absolute Gasteiger partial charge is 0.267 e. The fourth-order valence-corrected chi connectivity index (χ4v) is 2.30. The fourth-order valence-electron chi connectivity index (χ4n) is 2.30. The van der Waals surface area contributed by atoms with E-state index in [1.807, 2.05) is 48.5 Å². The molecule has 110 valence electrons. The number of hydrogen-bond acceptors (Lipinski definition) is 3. The highest BCUT2D eigenvalue weighted by atomic mass is 16.5. The molecule has 0 atom stereocenters. The molecular weight excluding hydrogens is 278 g/mol. The summed E-state index contributed by atoms with van der Waals surface area (Å²) in [5.74, 6) is 0.345. The second kappa shape index (κ2) is 6.24. The molecule has 5 heteroatoms. The normalized spacial score (nSPS) is 11.1. The minimum absolute atomic E-state index is 0.553. The summed E-state index contributed by atoms with van der Waals surface area (Å²) < 4.78 is 0. The lowest BCUT2D eigenvalue weighted by Crippen LogP contribution is -2.14. The average Bonchev–Trinajstić information content (AvgIpc) is 2.95. The van der Waals surface area contributed by atoms with Gasteiger partial charge in [-0.15, -0.1) is 0 Å². The number of fused-ring (bicyclic) bond motifs is 1. The number of hydroxylamine groups is 1. The fraction of sp³-hybridized carbons (Fsp3) is 0.0588. The maximum absolute atomic E-state index is 11.0. The van der Waals surface area contributed by atoms with Gasteiger partial charge < -0.3 is 4.98 Å². The number of nitrogens with zero attached hydrogens (tertiary/aromatic N) is 1. The van der Waals surface area contributed by atoms with Crippen molar-refractivity contribution in [3.63, 3.8) is 0 Å². The summed E-state index contributed by atoms with van der Waals surface area (Å²) >= 11 is 0. The van der Waals surface area contributed by atoms with Gasteiger partial charge in [-0.25, -0.2) is 10.5 Å². The number of carbonyl (C=O) groups is 1. The van der Waals surface area contributed by atoms with E-state index in [-0.39, 0.29) is 0 Å². The number of H-pyrrole nitrogens is 1. The van der Waals surface area contributed by atoms with Crippen LogP contribution in [0.5, 0.6) is 0 Å². The Morgan fingerprint density at radius 1 is 1.23 bits per heavy atom. The summed E-state index contributed by atoms with van der Waals surface area (Å²) in [6.07, 6.45) is 3.61. The van der Waals surface area contributed by atoms with Crippen LogP contribution in [0.25, 0.3) is 17.1 Å². The van der Waals surface area contributed by atoms with Crippen LogP contribution in [-0.4, -0.2) is 21.1 Å². The van der Waals surface area contributed by atoms with Crippen LogP contribution in [0.1, 0.15) is 17.0 Å². The topological polar surface area (TPSA) is 78.0 Å². The van der Waals surface area contributed by atoms with Gasteiger partial charge in [0.2, 0.25) is 0 Å². The number of carbonyl (C=O) groups excluding carboxylic acids is 1. The first-order valence-electron chi connectivity index (χ1n) is 6.89. The van der Waals surface area contributed by atoms with Crippen LogP contribution in [0.4, 0.5) is 0 Å². The third-order valence-electron chi connectivity index (χ3n) is 3.30. The summed E-state index contributed by atoms with van der Waals surface area (Å²) in [7, 11) is 0. The molecule has 0 aliphatic heterocycles. The lowest BCUT2D eigenvalue weighted by molar-refractivity contribution is -0.124. The molecule has 0 saturated carbocycles. The number of amides is 1. The first kappa shape index (κ1) is 14.0. The Hall–Kier alpha value is -2.92. The van der Waals surface area contributed by atoms with E-state index < -0.39 is 5.91 Å². The van der Waals surface area contributed by atoms with E-state index in [9.17, 15) is 4.79 Å². The van der Waals surface area contributed by atoms with Gasteiger partial charge in [0.25, 0.3) is 5.91 Å². The van der Waals surface area contributed by atoms with Crippen molar-refractivity contribution < 1.29 is 10.0 Å². The van der Waals surface area contributed by atoms with Gasteiger partial charge in [0.15, 0.2) is 0 Å². The SMILES string of the molecule is O=C(/C=C/c1cccc(Cc2nc3ccccc3[nH]2)c1)NO. The summed E-state index contributed by atoms with van der Waals surface area (Å²) in [4.78, 5) is 18.8. The van der Waals surface area contributed by atoms with Crippen LogP contribution in [0, 0.1) is 0 Å². The Kier molecular flexibility index (Phi) is 3.98. The van der Waals surface area contributed by atoms with Crippen molar-refractivity contribution in [1.29, 1.82) is 0 Å². The molecule has 1 aromatic heterocycles. The zero-order chi connectivity index (χ0) is 15.4. The summed E-state index contributed by atoms with van der Waals surface area (Å²) in [5.41, 5.74) is 5.51. The number of aromatic amines is 1. The van der Waals surface area contributed by atoms with Crippen LogP contribution in [0.2, 0.25) is 0 Å². The predicted molar refractivity (Wildman–Crippen MR) is 84.3 cm³/mol. The molecule has 3 rings (SSSR count). The summed E-state index contributed by atoms with van der Waals surface area (Å²) in [6, 6.07) is 15.7. The van der Waals surface area contributed by atoms with Gasteiger partial charge in [-0.1, -0.05) is 36.4 Å². The van der Waals surface area contributed by atoms with Gasteiger partial charge in [0, 0.05) is 12.5 Å². The Bertz CT molecular complexity index is 804. The zero-order valence-electron chi connectivity index (χ0n) is 11.8. The molecule has 3 N–H and O–H groups in total. The quantitative estimate of drug-likeness (QED) is 0.393. The lowest BCUT2D eigenvalue weighted by Gasteiger charge is -2.00. The van der Waals surface area contributed by atoms with E-state index in [1.54, 1.807) is 11.6 Å². The summed E-state index contributed by atoms with van der Waals surface area (Å²) in [5, 5.41) is 8.47. The van der Waals surface area contributed by atoms with Crippen molar-refractivity contribution in [3.05, 3.63) is 71.6 Å². The van der Waals surface area contributed by atoms with Crippen molar-refractivity contribution in [3.8, 4) is 0 Å². The van der Waals surface area contributed by atoms with Crippen LogP contribution >= 0.6 is 0 Å². The molecule has 22 heavy (non-hydrogen) atoms. The van der Waals surface area contributed by atoms with E-state index in [0.717, 1.165) is 28.0 Å². The number of hydrogen-bond donors (Lipinski definition) is 3. The van der Waals surface area contributed by atoms with Crippen molar-refractivity contribution >= 4 is 23.0 Å². The largest absolute Gasteiger partial charge is 0.342 e. The molecule has 0 bridgehead atoms. The number of para-hydroxylation sites is 2. The molecule has 0 aliphatic carbocycles. The Balaban J connectivity index is 1.80. The standard InChI is InChI=1S/C17H15N3O2/c21-17(20-22)9-8-12-4-3-5-13(10-12)11-16-18-14-6-1-2-7-15(14)19-16/h1-10,22H,11H2,(H,18,19)(H,20,21)/b9-8+. The van der Waals surface area contributed by atoms with E-state index in [1.165, 1.54) is 6.08 Å². The van der Waals surface area contributed by atoms with E-state index >= 15 is 0 Å². The minimum atomic E-state index is -0.553. The Labute approximate surface area is 127 Å². The van der Waals surface area contributed by atoms with Crippen molar-refractivity contribution in [2.75, 3.05) is 0 Å². The number of benzene rings is 2. The number of imidazole rings is 1. The minimum Gasteiger partial charge on any atom is -0.342 e. The molecule has 0 spiro atoms. The molecule has 0 radical (unpaired) electrons. The van der Waals surface area contributed by atoms with Gasteiger partial charge in [0.1, 0.15) is 5.82 Å². The lowest BCUT2D eigenvalue weighted by atomic mass is 10.1. The van der Waals surface area contributed by atoms with Gasteiger partial charge >= 0.3 is 0 Å². The van der Waals surface area contributed by atoms with E-state index in [2.05, 4.69) is 9.97 Å². The predicted octanol–water partition coefficient (Wildman–Crippen LogP) is 2.67. The second-order valence-corrected chi connectivity index (χ2v) is 4.93. The van der Waals surface area contributed by atoms with Gasteiger partial charge in [0.05, 0.1) is 11.0 Å². The monoisotopic (exact) mass is 293 g/mol.